The van der Waals surface area contributed by atoms with E-state index in [4.69, 9.17) is 0 Å². The molecule has 0 fully saturated rings. The maximum atomic E-state index is 11.8. The van der Waals surface area contributed by atoms with Gasteiger partial charge < -0.3 is 10.6 Å². The minimum Gasteiger partial charge on any atom is -0.341 e. The van der Waals surface area contributed by atoms with Gasteiger partial charge in [-0.3, -0.25) is 10.1 Å². The zero-order valence-electron chi connectivity index (χ0n) is 12.7. The van der Waals surface area contributed by atoms with Crippen molar-refractivity contribution >= 4 is 22.8 Å². The zero-order chi connectivity index (χ0) is 17.1. The molecular formula is C15H14N6O3. The van der Waals surface area contributed by atoms with Crippen LogP contribution in [-0.4, -0.2) is 33.0 Å². The third kappa shape index (κ3) is 2.86. The maximum Gasteiger partial charge on any atom is 0.316 e. The van der Waals surface area contributed by atoms with Crippen LogP contribution >= 0.6 is 0 Å². The minimum absolute atomic E-state index is 0.0270. The molecule has 0 spiro atoms. The highest BCUT2D eigenvalue weighted by Crippen LogP contribution is 2.22. The van der Waals surface area contributed by atoms with Crippen LogP contribution in [-0.2, 0) is 0 Å². The van der Waals surface area contributed by atoms with Gasteiger partial charge in [-0.25, -0.2) is 9.48 Å². The van der Waals surface area contributed by atoms with Crippen LogP contribution in [0.1, 0.15) is 11.7 Å². The number of nitro groups is 1. The van der Waals surface area contributed by atoms with Gasteiger partial charge in [-0.1, -0.05) is 17.3 Å². The first-order valence-electron chi connectivity index (χ1n) is 7.12. The Morgan fingerprint density at radius 3 is 2.58 bits per heavy atom. The number of hydrogen-bond acceptors (Lipinski definition) is 5. The van der Waals surface area contributed by atoms with Gasteiger partial charge in [0.15, 0.2) is 6.17 Å². The Hall–Kier alpha value is -3.49. The van der Waals surface area contributed by atoms with Gasteiger partial charge in [0, 0.05) is 19.2 Å². The Morgan fingerprint density at radius 2 is 1.92 bits per heavy atom. The lowest BCUT2D eigenvalue weighted by Gasteiger charge is -2.19. The first-order chi connectivity index (χ1) is 11.6. The van der Waals surface area contributed by atoms with E-state index in [0.717, 1.165) is 5.52 Å². The molecule has 2 amide bonds. The van der Waals surface area contributed by atoms with Gasteiger partial charge in [-0.15, -0.1) is 5.10 Å². The highest BCUT2D eigenvalue weighted by molar-refractivity contribution is 5.76. The topological polar surface area (TPSA) is 115 Å². The molecule has 0 aliphatic carbocycles. The van der Waals surface area contributed by atoms with E-state index in [0.29, 0.717) is 11.1 Å². The number of nitro benzene ring substituents is 1. The number of nitrogens with zero attached hydrogens (tertiary/aromatic N) is 4. The molecule has 0 saturated carbocycles. The molecule has 0 bridgehead atoms. The third-order valence-corrected chi connectivity index (χ3v) is 3.54. The van der Waals surface area contributed by atoms with E-state index in [-0.39, 0.29) is 5.69 Å². The van der Waals surface area contributed by atoms with Gasteiger partial charge in [0.1, 0.15) is 5.52 Å². The highest BCUT2D eigenvalue weighted by atomic mass is 16.6. The summed E-state index contributed by atoms with van der Waals surface area (Å²) in [6.07, 6.45) is -0.654. The van der Waals surface area contributed by atoms with Crippen molar-refractivity contribution in [1.82, 2.24) is 25.6 Å². The monoisotopic (exact) mass is 326 g/mol. The Kier molecular flexibility index (Phi) is 4.06. The van der Waals surface area contributed by atoms with Crippen molar-refractivity contribution in [3.8, 4) is 0 Å². The first-order valence-corrected chi connectivity index (χ1v) is 7.12. The Labute approximate surface area is 136 Å². The molecule has 1 atom stereocenters. The second-order valence-electron chi connectivity index (χ2n) is 5.00. The number of nitrogens with one attached hydrogen (secondary N) is 2. The number of carbonyl (C=O) groups is 1. The first kappa shape index (κ1) is 15.4. The number of rotatable bonds is 4. The Bertz CT molecular complexity index is 890. The van der Waals surface area contributed by atoms with Crippen LogP contribution in [0, 0.1) is 10.1 Å². The number of fused-ring (bicyclic) bond motifs is 1. The van der Waals surface area contributed by atoms with E-state index in [2.05, 4.69) is 20.9 Å². The van der Waals surface area contributed by atoms with Gasteiger partial charge >= 0.3 is 6.03 Å². The molecule has 24 heavy (non-hydrogen) atoms. The van der Waals surface area contributed by atoms with E-state index in [1.165, 1.54) is 19.2 Å². The van der Waals surface area contributed by atoms with Crippen LogP contribution < -0.4 is 10.6 Å². The van der Waals surface area contributed by atoms with E-state index in [9.17, 15) is 14.9 Å². The average Bonchev–Trinajstić information content (AvgIpc) is 3.03. The molecule has 3 aromatic rings. The summed E-state index contributed by atoms with van der Waals surface area (Å²) in [6, 6.07) is 12.8. The molecule has 2 aromatic carbocycles. The molecule has 9 heteroatoms. The Morgan fingerprint density at radius 1 is 1.21 bits per heavy atom. The van der Waals surface area contributed by atoms with Crippen molar-refractivity contribution in [3.63, 3.8) is 0 Å². The fourth-order valence-electron chi connectivity index (χ4n) is 2.34. The lowest BCUT2D eigenvalue weighted by atomic mass is 10.1. The van der Waals surface area contributed by atoms with E-state index in [1.54, 1.807) is 16.8 Å². The molecular weight excluding hydrogens is 312 g/mol. The largest absolute Gasteiger partial charge is 0.341 e. The molecule has 122 valence electrons. The number of aromatic nitrogens is 3. The van der Waals surface area contributed by atoms with Gasteiger partial charge in [0.2, 0.25) is 0 Å². The standard InChI is InChI=1S/C15H14N6O3/c1-16-15(22)17-14(10-6-8-11(9-7-10)21(23)24)20-13-5-3-2-4-12(13)18-19-20/h2-9,14H,1H3,(H2,16,17,22). The van der Waals surface area contributed by atoms with Crippen LogP contribution in [0.4, 0.5) is 10.5 Å². The van der Waals surface area contributed by atoms with Gasteiger partial charge in [0.05, 0.1) is 10.4 Å². The average molecular weight is 326 g/mol. The molecule has 1 heterocycles. The predicted molar refractivity (Wildman–Crippen MR) is 86.4 cm³/mol. The third-order valence-electron chi connectivity index (χ3n) is 3.54. The van der Waals surface area contributed by atoms with Crippen molar-refractivity contribution in [2.75, 3.05) is 7.05 Å². The number of para-hydroxylation sites is 1. The number of carbonyl (C=O) groups excluding carboxylic acids is 1. The summed E-state index contributed by atoms with van der Waals surface area (Å²) >= 11 is 0. The van der Waals surface area contributed by atoms with Crippen LogP contribution in [0.2, 0.25) is 0 Å². The number of amides is 2. The Balaban J connectivity index is 2.06. The van der Waals surface area contributed by atoms with Gasteiger partial charge in [0.25, 0.3) is 5.69 Å². The lowest BCUT2D eigenvalue weighted by molar-refractivity contribution is -0.384. The van der Waals surface area contributed by atoms with Crippen LogP contribution in [0.5, 0.6) is 0 Å². The van der Waals surface area contributed by atoms with Crippen molar-refractivity contribution in [2.24, 2.45) is 0 Å². The molecule has 2 N–H and O–H groups in total. The zero-order valence-corrected chi connectivity index (χ0v) is 12.7. The second kappa shape index (κ2) is 6.32. The normalized spacial score (nSPS) is 11.9. The minimum atomic E-state index is -0.654. The summed E-state index contributed by atoms with van der Waals surface area (Å²) in [5.41, 5.74) is 2.03. The molecule has 9 nitrogen and oxygen atoms in total. The SMILES string of the molecule is CNC(=O)NC(c1ccc([N+](=O)[O-])cc1)n1nnc2ccccc21. The molecule has 3 rings (SSSR count). The van der Waals surface area contributed by atoms with Crippen LogP contribution in [0.25, 0.3) is 11.0 Å². The van der Waals surface area contributed by atoms with Crippen LogP contribution in [0.15, 0.2) is 48.5 Å². The van der Waals surface area contributed by atoms with E-state index < -0.39 is 17.1 Å². The van der Waals surface area contributed by atoms with Crippen molar-refractivity contribution in [2.45, 2.75) is 6.17 Å². The summed E-state index contributed by atoms with van der Waals surface area (Å²) in [5, 5.41) is 24.2. The quantitative estimate of drug-likeness (QED) is 0.560. The number of non-ortho nitro benzene ring substituents is 1. The molecule has 0 aliphatic rings. The lowest BCUT2D eigenvalue weighted by Crippen LogP contribution is -2.39. The number of hydrogen-bond donors (Lipinski definition) is 2. The number of benzene rings is 2. The molecule has 0 saturated heterocycles. The van der Waals surface area contributed by atoms with E-state index >= 15 is 0 Å². The van der Waals surface area contributed by atoms with Crippen molar-refractivity contribution in [1.29, 1.82) is 0 Å². The second-order valence-corrected chi connectivity index (χ2v) is 5.00. The summed E-state index contributed by atoms with van der Waals surface area (Å²) in [6.45, 7) is 0. The summed E-state index contributed by atoms with van der Waals surface area (Å²) in [7, 11) is 1.50. The fraction of sp³-hybridized carbons (Fsp3) is 0.133. The molecule has 1 unspecified atom stereocenters. The molecule has 0 radical (unpaired) electrons. The number of urea groups is 1. The predicted octanol–water partition coefficient (Wildman–Crippen LogP) is 1.82. The van der Waals surface area contributed by atoms with Gasteiger partial charge in [-0.2, -0.15) is 0 Å². The summed E-state index contributed by atoms with van der Waals surface area (Å²) < 4.78 is 1.56. The van der Waals surface area contributed by atoms with Crippen molar-refractivity contribution < 1.29 is 9.72 Å². The van der Waals surface area contributed by atoms with Gasteiger partial charge in [-0.05, 0) is 29.8 Å². The fourth-order valence-corrected chi connectivity index (χ4v) is 2.34. The smallest absolute Gasteiger partial charge is 0.316 e. The summed E-state index contributed by atoms with van der Waals surface area (Å²) in [5.74, 6) is 0. The van der Waals surface area contributed by atoms with Crippen molar-refractivity contribution in [3.05, 3.63) is 64.2 Å². The van der Waals surface area contributed by atoms with E-state index in [1.807, 2.05) is 24.3 Å². The van der Waals surface area contributed by atoms with Crippen LogP contribution in [0.3, 0.4) is 0 Å². The molecule has 1 aromatic heterocycles. The molecule has 0 aliphatic heterocycles. The maximum absolute atomic E-state index is 11.8. The summed E-state index contributed by atoms with van der Waals surface area (Å²) in [4.78, 5) is 22.1. The highest BCUT2D eigenvalue weighted by Gasteiger charge is 2.20.